The molecule has 0 bridgehead atoms. The van der Waals surface area contributed by atoms with E-state index in [0.717, 1.165) is 16.1 Å². The fourth-order valence-corrected chi connectivity index (χ4v) is 2.96. The zero-order chi connectivity index (χ0) is 26.4. The van der Waals surface area contributed by atoms with Crippen molar-refractivity contribution in [3.05, 3.63) is 84.0 Å². The predicted octanol–water partition coefficient (Wildman–Crippen LogP) is 4.87. The van der Waals surface area contributed by atoms with Gasteiger partial charge in [0.25, 0.3) is 0 Å². The number of amides is 2. The third kappa shape index (κ3) is 13.3. The standard InChI is InChI=1S/C27H36N3O6.Zn/c1-5-12-23(25(32)36-27(2,3)4)28-26(33)30(29-35-20-22-15-10-7-11-16-22)18-17-24(31)34-19-21-13-8-6-9-14-21;/h6-11,13-16,23,29H,1,5,12,17-20H2,2-4H3,(H,28,33);/q-1;+2/p-1/t23-;/m0./s1. The van der Waals surface area contributed by atoms with Gasteiger partial charge < -0.3 is 26.7 Å². The maximum Gasteiger partial charge on any atom is 2.00 e. The largest absolute Gasteiger partial charge is 2.00 e. The number of hydrogen-bond acceptors (Lipinski definition) is 7. The summed E-state index contributed by atoms with van der Waals surface area (Å²) in [4.78, 5) is 43.3. The van der Waals surface area contributed by atoms with Crippen LogP contribution >= 0.6 is 0 Å². The normalized spacial score (nSPS) is 11.6. The summed E-state index contributed by atoms with van der Waals surface area (Å²) >= 11 is 0. The Balaban J connectivity index is 0.00000684. The third-order valence-corrected chi connectivity index (χ3v) is 4.69. The van der Waals surface area contributed by atoms with Gasteiger partial charge in [-0.1, -0.05) is 67.1 Å². The van der Waals surface area contributed by atoms with E-state index in [1.54, 1.807) is 20.8 Å². The smallest absolute Gasteiger partial charge is 0.461 e. The van der Waals surface area contributed by atoms with Crippen molar-refractivity contribution in [2.45, 2.75) is 64.9 Å². The van der Waals surface area contributed by atoms with Crippen molar-refractivity contribution >= 4 is 18.0 Å². The molecule has 1 atom stereocenters. The van der Waals surface area contributed by atoms with Gasteiger partial charge in [0.15, 0.2) is 6.03 Å². The van der Waals surface area contributed by atoms with E-state index >= 15 is 0 Å². The van der Waals surface area contributed by atoms with Crippen LogP contribution in [0.1, 0.15) is 51.2 Å². The van der Waals surface area contributed by atoms with Crippen molar-refractivity contribution in [1.29, 1.82) is 0 Å². The monoisotopic (exact) mass is 561 g/mol. The number of hydrogen-bond donors (Lipinski definition) is 1. The Morgan fingerprint density at radius 2 is 1.54 bits per heavy atom. The van der Waals surface area contributed by atoms with E-state index in [1.165, 1.54) is 0 Å². The van der Waals surface area contributed by atoms with E-state index in [-0.39, 0.29) is 52.1 Å². The Hall–Kier alpha value is -2.81. The minimum absolute atomic E-state index is 0. The molecule has 37 heavy (non-hydrogen) atoms. The SMILES string of the molecule is [CH2-]CC[C@H]([N-]C(=O)N(CCC(=O)OCc1ccccc1)NOCc1ccccc1)C(=O)OC(C)(C)C.[Zn+2]. The molecular formula is C27H35N3O6Zn. The number of nitrogens with one attached hydrogen (secondary N) is 1. The minimum atomic E-state index is -1.03. The van der Waals surface area contributed by atoms with Gasteiger partial charge >= 0.3 is 31.4 Å². The molecule has 2 aromatic rings. The fraction of sp³-hybridized carbons (Fsp3) is 0.407. The van der Waals surface area contributed by atoms with Crippen LogP contribution in [0.4, 0.5) is 4.79 Å². The summed E-state index contributed by atoms with van der Waals surface area (Å²) < 4.78 is 10.7. The molecule has 9 nitrogen and oxygen atoms in total. The molecule has 0 spiro atoms. The van der Waals surface area contributed by atoms with Gasteiger partial charge in [-0.3, -0.25) is 19.2 Å². The second-order valence-electron chi connectivity index (χ2n) is 9.02. The number of nitrogens with zero attached hydrogens (tertiary/aromatic N) is 2. The first-order valence-corrected chi connectivity index (χ1v) is 11.8. The number of benzene rings is 2. The minimum Gasteiger partial charge on any atom is -0.461 e. The molecule has 10 heteroatoms. The van der Waals surface area contributed by atoms with Crippen molar-refractivity contribution in [3.8, 4) is 0 Å². The molecule has 2 rings (SSSR count). The fourth-order valence-electron chi connectivity index (χ4n) is 2.96. The van der Waals surface area contributed by atoms with Crippen molar-refractivity contribution < 1.29 is 48.2 Å². The van der Waals surface area contributed by atoms with Crippen LogP contribution in [0.3, 0.4) is 0 Å². The van der Waals surface area contributed by atoms with Gasteiger partial charge in [0.05, 0.1) is 12.6 Å². The topological polar surface area (TPSA) is 108 Å². The van der Waals surface area contributed by atoms with E-state index in [9.17, 15) is 14.4 Å². The molecule has 1 N–H and O–H groups in total. The Kier molecular flexibility index (Phi) is 14.7. The molecule has 0 aliphatic heterocycles. The summed E-state index contributed by atoms with van der Waals surface area (Å²) in [5.41, 5.74) is 3.55. The molecule has 0 aromatic heterocycles. The zero-order valence-electron chi connectivity index (χ0n) is 21.9. The molecule has 0 saturated carbocycles. The van der Waals surface area contributed by atoms with Crippen LogP contribution in [-0.2, 0) is 56.6 Å². The van der Waals surface area contributed by atoms with Crippen LogP contribution in [-0.4, -0.2) is 41.2 Å². The number of ether oxygens (including phenoxy) is 2. The Morgan fingerprint density at radius 3 is 2.08 bits per heavy atom. The summed E-state index contributed by atoms with van der Waals surface area (Å²) in [7, 11) is 0. The van der Waals surface area contributed by atoms with Crippen molar-refractivity contribution in [2.75, 3.05) is 6.54 Å². The second kappa shape index (κ2) is 16.8. The number of hydrazine groups is 1. The number of rotatable bonds is 13. The Bertz CT molecular complexity index is 954. The van der Waals surface area contributed by atoms with Gasteiger partial charge in [-0.2, -0.15) is 12.0 Å². The predicted molar refractivity (Wildman–Crippen MR) is 135 cm³/mol. The van der Waals surface area contributed by atoms with Crippen LogP contribution < -0.4 is 5.59 Å². The molecule has 0 heterocycles. The quantitative estimate of drug-likeness (QED) is 0.160. The molecular weight excluding hydrogens is 528 g/mol. The Morgan fingerprint density at radius 1 is 0.973 bits per heavy atom. The van der Waals surface area contributed by atoms with E-state index in [0.29, 0.717) is 6.42 Å². The van der Waals surface area contributed by atoms with Gasteiger partial charge in [-0.05, 0) is 38.4 Å². The first-order valence-electron chi connectivity index (χ1n) is 11.8. The van der Waals surface area contributed by atoms with Crippen LogP contribution in [0.15, 0.2) is 60.7 Å². The Labute approximate surface area is 231 Å². The number of carbonyl (C=O) groups excluding carboxylic acids is 3. The number of carbonyl (C=O) groups is 3. The second-order valence-corrected chi connectivity index (χ2v) is 9.02. The van der Waals surface area contributed by atoms with Crippen LogP contribution in [0, 0.1) is 6.92 Å². The third-order valence-electron chi connectivity index (χ3n) is 4.69. The van der Waals surface area contributed by atoms with E-state index < -0.39 is 29.6 Å². The molecule has 2 amide bonds. The van der Waals surface area contributed by atoms with Crippen molar-refractivity contribution in [3.63, 3.8) is 0 Å². The molecule has 0 aliphatic carbocycles. The average molecular weight is 563 g/mol. The summed E-state index contributed by atoms with van der Waals surface area (Å²) in [6.45, 7) is 9.16. The maximum atomic E-state index is 13.0. The van der Waals surface area contributed by atoms with Crippen LogP contribution in [0.25, 0.3) is 5.32 Å². The number of esters is 2. The molecule has 196 valence electrons. The zero-order valence-corrected chi connectivity index (χ0v) is 24.8. The van der Waals surface area contributed by atoms with E-state index in [1.807, 2.05) is 60.7 Å². The number of urea groups is 1. The van der Waals surface area contributed by atoms with Crippen molar-refractivity contribution in [2.24, 2.45) is 0 Å². The summed E-state index contributed by atoms with van der Waals surface area (Å²) in [6.07, 6.45) is 0.505. The summed E-state index contributed by atoms with van der Waals surface area (Å²) in [5, 5.41) is 5.06. The molecule has 0 aliphatic rings. The van der Waals surface area contributed by atoms with Crippen molar-refractivity contribution in [1.82, 2.24) is 10.6 Å². The van der Waals surface area contributed by atoms with Gasteiger partial charge in [-0.15, -0.1) is 0 Å². The molecule has 0 radical (unpaired) electrons. The molecule has 0 unspecified atom stereocenters. The maximum absolute atomic E-state index is 13.0. The van der Waals surface area contributed by atoms with Gasteiger partial charge in [0.1, 0.15) is 12.2 Å². The van der Waals surface area contributed by atoms with Gasteiger partial charge in [0, 0.05) is 6.42 Å². The molecule has 2 aromatic carbocycles. The first-order chi connectivity index (χ1) is 17.2. The van der Waals surface area contributed by atoms with E-state index in [2.05, 4.69) is 17.8 Å². The summed E-state index contributed by atoms with van der Waals surface area (Å²) in [6, 6.07) is 16.8. The van der Waals surface area contributed by atoms with Crippen LogP contribution in [0.5, 0.6) is 0 Å². The first kappa shape index (κ1) is 32.2. The average Bonchev–Trinajstić information content (AvgIpc) is 2.84. The molecule has 0 saturated heterocycles. The van der Waals surface area contributed by atoms with Gasteiger partial charge in [0.2, 0.25) is 0 Å². The van der Waals surface area contributed by atoms with Crippen LogP contribution in [0.2, 0.25) is 0 Å². The summed E-state index contributed by atoms with van der Waals surface area (Å²) in [5.74, 6) is -1.12. The van der Waals surface area contributed by atoms with E-state index in [4.69, 9.17) is 14.3 Å². The molecule has 0 fully saturated rings. The van der Waals surface area contributed by atoms with Gasteiger partial charge in [-0.25, -0.2) is 0 Å².